The van der Waals surface area contributed by atoms with E-state index in [0.29, 0.717) is 28.5 Å². The molecule has 2 amide bonds. The molecular formula is C43H61ClN8O2. The van der Waals surface area contributed by atoms with E-state index in [2.05, 4.69) is 51.0 Å². The molecular weight excluding hydrogens is 696 g/mol. The number of hydrogen-bond donors (Lipinski definition) is 4. The Morgan fingerprint density at radius 2 is 1.30 bits per heavy atom. The Balaban J connectivity index is 0.000000291. The molecule has 10 nitrogen and oxygen atoms in total. The van der Waals surface area contributed by atoms with Crippen LogP contribution in [0.3, 0.4) is 0 Å². The number of anilines is 2. The van der Waals surface area contributed by atoms with Crippen LogP contribution in [0.4, 0.5) is 11.6 Å². The Hall–Kier alpha value is -4.57. The van der Waals surface area contributed by atoms with Gasteiger partial charge in [0.15, 0.2) is 11.6 Å². The van der Waals surface area contributed by atoms with Gasteiger partial charge in [0.1, 0.15) is 0 Å². The number of aliphatic imine (C=N–C) groups is 2. The van der Waals surface area contributed by atoms with E-state index in [1.165, 1.54) is 25.7 Å². The van der Waals surface area contributed by atoms with Crippen molar-refractivity contribution in [2.45, 2.75) is 126 Å². The molecule has 2 aromatic heterocycles. The Kier molecular flexibility index (Phi) is 17.8. The number of nitrogens with one attached hydrogen (secondary N) is 4. The van der Waals surface area contributed by atoms with Crippen molar-refractivity contribution in [2.75, 3.05) is 10.6 Å². The fourth-order valence-corrected chi connectivity index (χ4v) is 5.71. The van der Waals surface area contributed by atoms with Crippen LogP contribution in [-0.4, -0.2) is 43.6 Å². The van der Waals surface area contributed by atoms with Gasteiger partial charge in [-0.3, -0.25) is 29.8 Å². The van der Waals surface area contributed by atoms with Gasteiger partial charge in [-0.25, -0.2) is 0 Å². The number of rotatable bonds is 17. The minimum absolute atomic E-state index is 0.0969. The molecule has 292 valence electrons. The summed E-state index contributed by atoms with van der Waals surface area (Å²) < 4.78 is 0. The van der Waals surface area contributed by atoms with Crippen LogP contribution < -0.4 is 10.6 Å². The topological polar surface area (TPSA) is 140 Å². The number of aromatic nitrogens is 4. The number of hydrogen-bond acceptors (Lipinski definition) is 6. The van der Waals surface area contributed by atoms with Crippen molar-refractivity contribution in [1.82, 2.24) is 20.4 Å². The van der Waals surface area contributed by atoms with Crippen molar-refractivity contribution in [3.05, 3.63) is 93.6 Å². The molecule has 2 fully saturated rings. The fraction of sp³-hybridized carbons (Fsp3) is 0.488. The quantitative estimate of drug-likeness (QED) is 0.0942. The van der Waals surface area contributed by atoms with Crippen molar-refractivity contribution in [3.63, 3.8) is 0 Å². The summed E-state index contributed by atoms with van der Waals surface area (Å²) in [6.45, 7) is 19.6. The molecule has 2 aliphatic rings. The van der Waals surface area contributed by atoms with Crippen molar-refractivity contribution in [2.24, 2.45) is 21.8 Å². The average Bonchev–Trinajstić information content (AvgIpc) is 4.10. The van der Waals surface area contributed by atoms with Gasteiger partial charge in [0.25, 0.3) is 0 Å². The summed E-state index contributed by atoms with van der Waals surface area (Å²) in [6, 6.07) is 3.86. The summed E-state index contributed by atoms with van der Waals surface area (Å²) in [4.78, 5) is 34.8. The zero-order chi connectivity index (χ0) is 39.8. The summed E-state index contributed by atoms with van der Waals surface area (Å²) in [7, 11) is 0. The normalized spacial score (nSPS) is 17.6. The molecule has 0 spiro atoms. The number of amides is 2. The molecule has 4 N–H and O–H groups in total. The first-order valence-electron chi connectivity index (χ1n) is 19.4. The third-order valence-corrected chi connectivity index (χ3v) is 9.76. The molecule has 0 radical (unpaired) electrons. The molecule has 2 aromatic rings. The first-order chi connectivity index (χ1) is 25.9. The van der Waals surface area contributed by atoms with E-state index in [1.54, 1.807) is 0 Å². The maximum absolute atomic E-state index is 12.7. The van der Waals surface area contributed by atoms with Gasteiger partial charge in [0.05, 0.1) is 11.8 Å². The molecule has 4 rings (SSSR count). The van der Waals surface area contributed by atoms with E-state index in [4.69, 9.17) is 21.6 Å². The third-order valence-electron chi connectivity index (χ3n) is 9.25. The van der Waals surface area contributed by atoms with Crippen molar-refractivity contribution in [1.29, 1.82) is 0 Å². The molecule has 2 atom stereocenters. The monoisotopic (exact) mass is 756 g/mol. The maximum Gasteiger partial charge on any atom is 0.234 e. The molecule has 0 saturated heterocycles. The number of H-pyrrole nitrogens is 2. The number of carbonyl (C=O) groups excluding carboxylic acids is 2. The van der Waals surface area contributed by atoms with Crippen LogP contribution in [0.25, 0.3) is 0 Å². The van der Waals surface area contributed by atoms with Gasteiger partial charge in [-0.2, -0.15) is 10.2 Å². The predicted octanol–water partition coefficient (Wildman–Crippen LogP) is 11.2. The van der Waals surface area contributed by atoms with E-state index in [1.807, 2.05) is 104 Å². The van der Waals surface area contributed by atoms with Gasteiger partial charge in [-0.1, -0.05) is 62.2 Å². The highest BCUT2D eigenvalue weighted by Crippen LogP contribution is 2.40. The Bertz CT molecular complexity index is 1830. The van der Waals surface area contributed by atoms with Crippen LogP contribution in [0, 0.1) is 11.8 Å². The molecule has 0 aliphatic heterocycles. The second kappa shape index (κ2) is 22.0. The van der Waals surface area contributed by atoms with Crippen molar-refractivity contribution in [3.8, 4) is 0 Å². The fourth-order valence-electron chi connectivity index (χ4n) is 5.65. The Labute approximate surface area is 327 Å². The summed E-state index contributed by atoms with van der Waals surface area (Å²) in [5, 5.41) is 20.9. The highest BCUT2D eigenvalue weighted by molar-refractivity contribution is 6.32. The second-order valence-corrected chi connectivity index (χ2v) is 14.4. The van der Waals surface area contributed by atoms with Crippen LogP contribution in [0.2, 0.25) is 0 Å². The maximum atomic E-state index is 12.7. The molecule has 2 aliphatic carbocycles. The van der Waals surface area contributed by atoms with Crippen molar-refractivity contribution >= 4 is 46.5 Å². The van der Waals surface area contributed by atoms with Gasteiger partial charge in [-0.15, -0.1) is 0 Å². The molecule has 2 heterocycles. The summed E-state index contributed by atoms with van der Waals surface area (Å²) in [5.74, 6) is 1.36. The van der Waals surface area contributed by atoms with Crippen LogP contribution in [-0.2, 0) is 9.59 Å². The average molecular weight is 757 g/mol. The molecule has 54 heavy (non-hydrogen) atoms. The van der Waals surface area contributed by atoms with Crippen LogP contribution in [0.1, 0.15) is 137 Å². The van der Waals surface area contributed by atoms with Gasteiger partial charge < -0.3 is 10.6 Å². The minimum atomic E-state index is -0.385. The van der Waals surface area contributed by atoms with Gasteiger partial charge in [0.2, 0.25) is 11.8 Å². The lowest BCUT2D eigenvalue weighted by Gasteiger charge is -2.13. The second-order valence-electron chi connectivity index (χ2n) is 14.0. The van der Waals surface area contributed by atoms with E-state index in [0.717, 1.165) is 64.6 Å². The zero-order valence-electron chi connectivity index (χ0n) is 33.9. The molecule has 2 saturated carbocycles. The van der Waals surface area contributed by atoms with Crippen molar-refractivity contribution < 1.29 is 9.59 Å². The lowest BCUT2D eigenvalue weighted by molar-refractivity contribution is -0.119. The summed E-state index contributed by atoms with van der Waals surface area (Å²) in [5.41, 5.74) is 7.70. The summed E-state index contributed by atoms with van der Waals surface area (Å²) in [6.07, 6.45) is 21.1. The highest BCUT2D eigenvalue weighted by Gasteiger charge is 2.27. The molecule has 0 bridgehead atoms. The van der Waals surface area contributed by atoms with E-state index in [9.17, 15) is 9.59 Å². The number of allylic oxidation sites excluding steroid dienone is 10. The summed E-state index contributed by atoms with van der Waals surface area (Å²) >= 11 is 6.21. The first-order valence-corrected chi connectivity index (χ1v) is 19.8. The van der Waals surface area contributed by atoms with Gasteiger partial charge >= 0.3 is 0 Å². The smallest absolute Gasteiger partial charge is 0.234 e. The standard InChI is InChI=1S/C22H31ClN4O.C21H30N4O/c1-6-9-17(12-14(4)18(23)7-2)24-19(8-3)15(5)22(28)25-21-13-20(26-27-21)16-10-11-16;1-6-9-14(4)12-17(7-2)22-18(8-3)15(5)21(26)23-20-13-19(24-25-20)16-10-11-16/h7-8,12-13,15-16H,6,9-11H2,1-5H3,(H2,25,26,27,28);6,8-9,12-13,15-16H,7,10-11H2,1-5H3,(H2,23,24,25,26)/b14-12-,18-7+,19-8-,24-17-;9-6-,14-12-,18-8-,22-17-. The zero-order valence-corrected chi connectivity index (χ0v) is 34.7. The van der Waals surface area contributed by atoms with Crippen LogP contribution in [0.5, 0.6) is 0 Å². The third kappa shape index (κ3) is 14.0. The Morgan fingerprint density at radius 1 is 0.815 bits per heavy atom. The number of aromatic amines is 2. The Morgan fingerprint density at radius 3 is 1.69 bits per heavy atom. The number of nitrogens with zero attached hydrogens (tertiary/aromatic N) is 4. The van der Waals surface area contributed by atoms with E-state index >= 15 is 0 Å². The minimum Gasteiger partial charge on any atom is -0.309 e. The number of halogens is 1. The van der Waals surface area contributed by atoms with E-state index < -0.39 is 0 Å². The lowest BCUT2D eigenvalue weighted by Crippen LogP contribution is -2.22. The number of carbonyl (C=O) groups is 2. The van der Waals surface area contributed by atoms with Crippen LogP contribution >= 0.6 is 11.6 Å². The first kappa shape index (κ1) is 43.8. The molecule has 11 heteroatoms. The molecule has 2 unspecified atom stereocenters. The van der Waals surface area contributed by atoms with Gasteiger partial charge in [-0.05, 0) is 117 Å². The van der Waals surface area contributed by atoms with Gasteiger partial charge in [0, 0.05) is 63.2 Å². The SMILES string of the molecule is C\C=C(/N=C(\C=C(C)/C(Cl)=C\C)CCC)C(C)C(=O)Nc1cc(C2CC2)[nH]n1.C\C=C/C(C)=C\C(CC)=N/C(=C\C)C(C)C(=O)Nc1cc(C2CC2)[nH]n1. The predicted molar refractivity (Wildman–Crippen MR) is 226 cm³/mol. The van der Waals surface area contributed by atoms with E-state index in [-0.39, 0.29) is 23.7 Å². The highest BCUT2D eigenvalue weighted by atomic mass is 35.5. The molecule has 0 aromatic carbocycles. The van der Waals surface area contributed by atoms with Crippen LogP contribution in [0.15, 0.2) is 92.2 Å². The lowest BCUT2D eigenvalue weighted by atomic mass is 10.1. The largest absolute Gasteiger partial charge is 0.309 e.